The molecule has 1 aliphatic rings. The van der Waals surface area contributed by atoms with E-state index in [1.165, 1.54) is 10.7 Å². The fraction of sp³-hybridized carbons (Fsp3) is 0.318. The molecule has 4 rings (SSSR count). The topological polar surface area (TPSA) is 39.1 Å². The van der Waals surface area contributed by atoms with E-state index in [0.29, 0.717) is 12.2 Å². The first-order chi connectivity index (χ1) is 14.4. The predicted octanol–water partition coefficient (Wildman–Crippen LogP) is 5.89. The molecule has 2 aromatic carbocycles. The number of nitrogens with zero attached hydrogens (tertiary/aromatic N) is 2. The molecule has 0 radical (unpaired) electrons. The molecule has 0 saturated heterocycles. The number of benzene rings is 2. The van der Waals surface area contributed by atoms with Crippen molar-refractivity contribution in [2.24, 2.45) is 0 Å². The maximum atomic E-state index is 13.3. The highest BCUT2D eigenvalue weighted by molar-refractivity contribution is 6.32. The molecule has 2 heterocycles. The Bertz CT molecular complexity index is 1060. The van der Waals surface area contributed by atoms with Crippen LogP contribution in [-0.4, -0.2) is 23.4 Å². The number of nitrogens with one attached hydrogen (secondary N) is 1. The first kappa shape index (κ1) is 20.6. The van der Waals surface area contributed by atoms with Gasteiger partial charge >= 0.3 is 6.18 Å². The van der Waals surface area contributed by atoms with Crippen molar-refractivity contribution in [3.8, 4) is 11.4 Å². The second kappa shape index (κ2) is 8.22. The van der Waals surface area contributed by atoms with Crippen LogP contribution in [0.15, 0.2) is 42.5 Å². The average Bonchev–Trinajstić information content (AvgIpc) is 2.89. The molecular formula is C22H21ClF3N3O. The number of fused-ring (bicyclic) bond motifs is 1. The van der Waals surface area contributed by atoms with Crippen LogP contribution in [0.25, 0.3) is 5.69 Å². The van der Waals surface area contributed by atoms with Gasteiger partial charge in [-0.1, -0.05) is 29.8 Å². The van der Waals surface area contributed by atoms with Crippen LogP contribution in [0.5, 0.6) is 5.75 Å². The Labute approximate surface area is 177 Å². The van der Waals surface area contributed by atoms with Gasteiger partial charge in [-0.2, -0.15) is 18.3 Å². The van der Waals surface area contributed by atoms with Crippen LogP contribution >= 0.6 is 11.6 Å². The molecule has 0 atom stereocenters. The molecule has 30 heavy (non-hydrogen) atoms. The third kappa shape index (κ3) is 3.99. The second-order valence-corrected chi connectivity index (χ2v) is 7.63. The van der Waals surface area contributed by atoms with Crippen molar-refractivity contribution in [1.82, 2.24) is 9.78 Å². The number of alkyl halides is 3. The van der Waals surface area contributed by atoms with Gasteiger partial charge in [0.1, 0.15) is 11.6 Å². The standard InChI is InChI=1S/C22H21ClF3N3O/c1-30-20-8-3-2-6-14(20)12-18-16-7-4-5-11-27-21(16)29(28-18)19-13-15(22(24,25)26)9-10-17(19)23/h2-3,6,8-10,13,27H,4-5,7,11-12H2,1H3. The molecule has 0 saturated carbocycles. The van der Waals surface area contributed by atoms with Crippen molar-refractivity contribution in [3.05, 3.63) is 69.9 Å². The van der Waals surface area contributed by atoms with Crippen molar-refractivity contribution >= 4 is 17.4 Å². The summed E-state index contributed by atoms with van der Waals surface area (Å²) >= 11 is 6.31. The lowest BCUT2D eigenvalue weighted by molar-refractivity contribution is -0.137. The van der Waals surface area contributed by atoms with Crippen molar-refractivity contribution < 1.29 is 17.9 Å². The van der Waals surface area contributed by atoms with E-state index < -0.39 is 11.7 Å². The van der Waals surface area contributed by atoms with E-state index in [1.807, 2.05) is 24.3 Å². The van der Waals surface area contributed by atoms with Crippen LogP contribution in [0.1, 0.15) is 35.2 Å². The average molecular weight is 436 g/mol. The number of hydrogen-bond acceptors (Lipinski definition) is 3. The third-order valence-corrected chi connectivity index (χ3v) is 5.58. The smallest absolute Gasteiger partial charge is 0.416 e. The van der Waals surface area contributed by atoms with Gasteiger partial charge in [-0.05, 0) is 43.5 Å². The first-order valence-corrected chi connectivity index (χ1v) is 10.1. The summed E-state index contributed by atoms with van der Waals surface area (Å²) in [6, 6.07) is 11.0. The summed E-state index contributed by atoms with van der Waals surface area (Å²) in [6.07, 6.45) is -1.21. The second-order valence-electron chi connectivity index (χ2n) is 7.22. The fourth-order valence-electron chi connectivity index (χ4n) is 3.77. The van der Waals surface area contributed by atoms with Crippen LogP contribution in [0.3, 0.4) is 0 Å². The Morgan fingerprint density at radius 2 is 1.97 bits per heavy atom. The minimum Gasteiger partial charge on any atom is -0.496 e. The lowest BCUT2D eigenvalue weighted by atomic mass is 10.0. The highest BCUT2D eigenvalue weighted by Gasteiger charge is 2.32. The molecule has 8 heteroatoms. The van der Waals surface area contributed by atoms with Crippen molar-refractivity contribution in [2.75, 3.05) is 19.0 Å². The molecule has 3 aromatic rings. The normalized spacial score (nSPS) is 14.0. The zero-order chi connectivity index (χ0) is 21.3. The Morgan fingerprint density at radius 1 is 1.17 bits per heavy atom. The maximum absolute atomic E-state index is 13.3. The summed E-state index contributed by atoms with van der Waals surface area (Å²) in [5.41, 5.74) is 2.23. The van der Waals surface area contributed by atoms with E-state index in [4.69, 9.17) is 21.4 Å². The highest BCUT2D eigenvalue weighted by atomic mass is 35.5. The lowest BCUT2D eigenvalue weighted by Crippen LogP contribution is -2.10. The monoisotopic (exact) mass is 435 g/mol. The molecule has 1 aromatic heterocycles. The van der Waals surface area contributed by atoms with E-state index in [0.717, 1.165) is 60.5 Å². The number of rotatable bonds is 4. The Balaban J connectivity index is 1.84. The zero-order valence-electron chi connectivity index (χ0n) is 16.4. The summed E-state index contributed by atoms with van der Waals surface area (Å²) in [4.78, 5) is 0. The molecule has 0 amide bonds. The number of halogens is 4. The van der Waals surface area contributed by atoms with Gasteiger partial charge in [0.15, 0.2) is 0 Å². The number of anilines is 1. The molecular weight excluding hydrogens is 415 g/mol. The quantitative estimate of drug-likeness (QED) is 0.555. The highest BCUT2D eigenvalue weighted by Crippen LogP contribution is 2.36. The summed E-state index contributed by atoms with van der Waals surface area (Å²) < 4.78 is 46.9. The van der Waals surface area contributed by atoms with Gasteiger partial charge in [-0.3, -0.25) is 0 Å². The van der Waals surface area contributed by atoms with Gasteiger partial charge in [0.2, 0.25) is 0 Å². The molecule has 0 bridgehead atoms. The molecule has 4 nitrogen and oxygen atoms in total. The maximum Gasteiger partial charge on any atom is 0.416 e. The van der Waals surface area contributed by atoms with Gasteiger partial charge in [-0.25, -0.2) is 4.68 Å². The third-order valence-electron chi connectivity index (χ3n) is 5.26. The minimum absolute atomic E-state index is 0.211. The van der Waals surface area contributed by atoms with Gasteiger partial charge in [-0.15, -0.1) is 0 Å². The number of hydrogen-bond donors (Lipinski definition) is 1. The van der Waals surface area contributed by atoms with Gasteiger partial charge in [0.25, 0.3) is 0 Å². The molecule has 0 fully saturated rings. The van der Waals surface area contributed by atoms with E-state index >= 15 is 0 Å². The van der Waals surface area contributed by atoms with Gasteiger partial charge in [0, 0.05) is 24.1 Å². The van der Waals surface area contributed by atoms with Crippen LogP contribution in [0.2, 0.25) is 5.02 Å². The van der Waals surface area contributed by atoms with Crippen molar-refractivity contribution in [2.45, 2.75) is 31.9 Å². The van der Waals surface area contributed by atoms with Crippen LogP contribution in [0, 0.1) is 0 Å². The Morgan fingerprint density at radius 3 is 2.73 bits per heavy atom. The fourth-order valence-corrected chi connectivity index (χ4v) is 3.97. The van der Waals surface area contributed by atoms with E-state index in [9.17, 15) is 13.2 Å². The molecule has 1 N–H and O–H groups in total. The summed E-state index contributed by atoms with van der Waals surface area (Å²) in [6.45, 7) is 0.726. The van der Waals surface area contributed by atoms with Gasteiger partial charge in [0.05, 0.1) is 29.1 Å². The minimum atomic E-state index is -4.46. The van der Waals surface area contributed by atoms with Gasteiger partial charge < -0.3 is 10.1 Å². The van der Waals surface area contributed by atoms with E-state index in [2.05, 4.69) is 5.32 Å². The number of methoxy groups -OCH3 is 1. The molecule has 158 valence electrons. The molecule has 0 aliphatic carbocycles. The first-order valence-electron chi connectivity index (χ1n) is 9.72. The van der Waals surface area contributed by atoms with Crippen molar-refractivity contribution in [3.63, 3.8) is 0 Å². The number of aromatic nitrogens is 2. The van der Waals surface area contributed by atoms with Crippen LogP contribution in [-0.2, 0) is 19.0 Å². The number of ether oxygens (including phenoxy) is 1. The largest absolute Gasteiger partial charge is 0.496 e. The lowest BCUT2D eigenvalue weighted by Gasteiger charge is -2.13. The molecule has 0 unspecified atom stereocenters. The Kier molecular flexibility index (Phi) is 5.64. The zero-order valence-corrected chi connectivity index (χ0v) is 17.1. The molecule has 0 spiro atoms. The summed E-state index contributed by atoms with van der Waals surface area (Å²) in [5.74, 6) is 1.46. The SMILES string of the molecule is COc1ccccc1Cc1nn(-c2cc(C(F)(F)F)ccc2Cl)c2c1CCCCN2. The Hall–Kier alpha value is -2.67. The van der Waals surface area contributed by atoms with Crippen LogP contribution < -0.4 is 10.1 Å². The molecule has 1 aliphatic heterocycles. The van der Waals surface area contributed by atoms with Crippen molar-refractivity contribution in [1.29, 1.82) is 0 Å². The van der Waals surface area contributed by atoms with E-state index in [-0.39, 0.29) is 10.7 Å². The number of para-hydroxylation sites is 1. The summed E-state index contributed by atoms with van der Waals surface area (Å²) in [5, 5.41) is 8.26. The van der Waals surface area contributed by atoms with E-state index in [1.54, 1.807) is 7.11 Å². The van der Waals surface area contributed by atoms with Crippen LogP contribution in [0.4, 0.5) is 19.0 Å². The summed E-state index contributed by atoms with van der Waals surface area (Å²) in [7, 11) is 1.61. The predicted molar refractivity (Wildman–Crippen MR) is 111 cm³/mol.